The highest BCUT2D eigenvalue weighted by Crippen LogP contribution is 2.27. The Balaban J connectivity index is 2.23. The molecular weight excluding hydrogens is 221 g/mol. The maximum absolute atomic E-state index is 12.9. The Labute approximate surface area is 99.9 Å². The summed E-state index contributed by atoms with van der Waals surface area (Å²) >= 11 is 0. The van der Waals surface area contributed by atoms with Gasteiger partial charge < -0.3 is 10.0 Å². The molecule has 17 heavy (non-hydrogen) atoms. The minimum atomic E-state index is -1.62. The van der Waals surface area contributed by atoms with Gasteiger partial charge in [0.15, 0.2) is 5.72 Å². The van der Waals surface area contributed by atoms with Crippen molar-refractivity contribution in [2.45, 2.75) is 25.0 Å². The Morgan fingerprint density at radius 1 is 1.35 bits per heavy atom. The molecule has 0 aromatic heterocycles. The fraction of sp³-hybridized carbons (Fsp3) is 0.462. The van der Waals surface area contributed by atoms with Crippen molar-refractivity contribution < 1.29 is 14.3 Å². The molecule has 2 rings (SSSR count). The molecular formula is C13H16FNO2. The highest BCUT2D eigenvalue weighted by atomic mass is 19.1. The van der Waals surface area contributed by atoms with Crippen molar-refractivity contribution in [3.05, 3.63) is 35.9 Å². The number of benzene rings is 1. The summed E-state index contributed by atoms with van der Waals surface area (Å²) in [5, 5.41) is 10.1. The summed E-state index contributed by atoms with van der Waals surface area (Å²) in [5.41, 5.74) is -1.13. The quantitative estimate of drug-likeness (QED) is 0.854. The van der Waals surface area contributed by atoms with E-state index < -0.39 is 12.4 Å². The molecule has 0 aliphatic carbocycles. The van der Waals surface area contributed by atoms with Gasteiger partial charge in [-0.3, -0.25) is 4.79 Å². The normalized spacial score (nSPS) is 24.7. The molecule has 1 N–H and O–H groups in total. The minimum absolute atomic E-state index is 0.301. The van der Waals surface area contributed by atoms with Crippen LogP contribution < -0.4 is 0 Å². The van der Waals surface area contributed by atoms with Crippen LogP contribution in [0.3, 0.4) is 0 Å². The molecule has 1 amide bonds. The molecule has 0 bridgehead atoms. The highest BCUT2D eigenvalue weighted by Gasteiger charge is 2.40. The number of carbonyl (C=O) groups excluding carboxylic acids is 1. The number of nitrogens with zero attached hydrogens (tertiary/aromatic N) is 1. The third-order valence-electron chi connectivity index (χ3n) is 3.19. The van der Waals surface area contributed by atoms with Crippen molar-refractivity contribution in [1.29, 1.82) is 0 Å². The van der Waals surface area contributed by atoms with E-state index in [9.17, 15) is 14.3 Å². The highest BCUT2D eigenvalue weighted by molar-refractivity contribution is 5.94. The number of rotatable bonds is 2. The molecule has 0 spiro atoms. The van der Waals surface area contributed by atoms with Crippen LogP contribution in [0.5, 0.6) is 0 Å². The second-order valence-corrected chi connectivity index (χ2v) is 4.40. The fourth-order valence-corrected chi connectivity index (χ4v) is 2.19. The van der Waals surface area contributed by atoms with Gasteiger partial charge in [0.05, 0.1) is 0 Å². The summed E-state index contributed by atoms with van der Waals surface area (Å²) in [6.45, 7) is -0.500. The summed E-state index contributed by atoms with van der Waals surface area (Å²) in [7, 11) is 0. The third kappa shape index (κ3) is 2.31. The molecule has 1 aromatic carbocycles. The number of hydrogen-bond acceptors (Lipinski definition) is 2. The Kier molecular flexibility index (Phi) is 3.43. The summed E-state index contributed by atoms with van der Waals surface area (Å²) in [4.78, 5) is 13.4. The van der Waals surface area contributed by atoms with Gasteiger partial charge in [-0.25, -0.2) is 4.39 Å². The zero-order valence-electron chi connectivity index (χ0n) is 9.60. The van der Waals surface area contributed by atoms with E-state index in [1.54, 1.807) is 24.3 Å². The number of carbonyl (C=O) groups is 1. The lowest BCUT2D eigenvalue weighted by molar-refractivity contribution is -0.121. The lowest BCUT2D eigenvalue weighted by atomic mass is 9.98. The number of alkyl halides is 1. The third-order valence-corrected chi connectivity index (χ3v) is 3.19. The molecule has 4 heteroatoms. The standard InChI is InChI=1S/C13H16FNO2/c14-10-13(17)8-4-5-9-15(13)12(16)11-6-2-1-3-7-11/h1-3,6-7,17H,4-5,8-10H2. The molecule has 92 valence electrons. The number of halogens is 1. The van der Waals surface area contributed by atoms with E-state index in [0.717, 1.165) is 12.8 Å². The van der Waals surface area contributed by atoms with E-state index in [2.05, 4.69) is 0 Å². The van der Waals surface area contributed by atoms with Crippen molar-refractivity contribution in [2.24, 2.45) is 0 Å². The number of amides is 1. The smallest absolute Gasteiger partial charge is 0.256 e. The van der Waals surface area contributed by atoms with E-state index in [-0.39, 0.29) is 5.91 Å². The second-order valence-electron chi connectivity index (χ2n) is 4.40. The van der Waals surface area contributed by atoms with Crippen LogP contribution in [0, 0.1) is 0 Å². The zero-order valence-corrected chi connectivity index (χ0v) is 9.60. The van der Waals surface area contributed by atoms with Crippen molar-refractivity contribution in [1.82, 2.24) is 4.90 Å². The van der Waals surface area contributed by atoms with Crippen molar-refractivity contribution in [3.8, 4) is 0 Å². The molecule has 1 unspecified atom stereocenters. The SMILES string of the molecule is O=C(c1ccccc1)N1CCCCC1(O)CF. The first-order valence-corrected chi connectivity index (χ1v) is 5.83. The topological polar surface area (TPSA) is 40.5 Å². The Morgan fingerprint density at radius 3 is 2.71 bits per heavy atom. The van der Waals surface area contributed by atoms with Crippen LogP contribution in [0.2, 0.25) is 0 Å². The molecule has 0 radical (unpaired) electrons. The van der Waals surface area contributed by atoms with E-state index in [4.69, 9.17) is 0 Å². The molecule has 0 saturated carbocycles. The first-order chi connectivity index (χ1) is 8.17. The van der Waals surface area contributed by atoms with Gasteiger partial charge in [-0.1, -0.05) is 18.2 Å². The van der Waals surface area contributed by atoms with E-state index >= 15 is 0 Å². The van der Waals surface area contributed by atoms with E-state index in [1.165, 1.54) is 4.90 Å². The van der Waals surface area contributed by atoms with Gasteiger partial charge >= 0.3 is 0 Å². The van der Waals surface area contributed by atoms with Gasteiger partial charge in [0.2, 0.25) is 0 Å². The van der Waals surface area contributed by atoms with Gasteiger partial charge in [0, 0.05) is 12.1 Å². The molecule has 1 heterocycles. The molecule has 1 saturated heterocycles. The number of likely N-dealkylation sites (tertiary alicyclic amines) is 1. The molecule has 1 aliphatic rings. The fourth-order valence-electron chi connectivity index (χ4n) is 2.19. The summed E-state index contributed by atoms with van der Waals surface area (Å²) in [6.07, 6.45) is 1.86. The Hall–Kier alpha value is -1.42. The summed E-state index contributed by atoms with van der Waals surface area (Å²) < 4.78 is 12.9. The lowest BCUT2D eigenvalue weighted by Crippen LogP contribution is -2.56. The average Bonchev–Trinajstić information content (AvgIpc) is 2.39. The monoisotopic (exact) mass is 237 g/mol. The van der Waals surface area contributed by atoms with Crippen LogP contribution in [-0.2, 0) is 0 Å². The number of aliphatic hydroxyl groups is 1. The van der Waals surface area contributed by atoms with E-state index in [1.807, 2.05) is 6.07 Å². The number of hydrogen-bond donors (Lipinski definition) is 1. The second kappa shape index (κ2) is 4.84. The molecule has 3 nitrogen and oxygen atoms in total. The van der Waals surface area contributed by atoms with Gasteiger partial charge in [-0.15, -0.1) is 0 Å². The van der Waals surface area contributed by atoms with Crippen LogP contribution in [-0.4, -0.2) is 34.9 Å². The Morgan fingerprint density at radius 2 is 2.06 bits per heavy atom. The van der Waals surface area contributed by atoms with Gasteiger partial charge in [0.1, 0.15) is 6.67 Å². The Bertz CT molecular complexity index is 396. The molecule has 1 aromatic rings. The summed E-state index contributed by atoms with van der Waals surface area (Å²) in [5.74, 6) is -0.301. The van der Waals surface area contributed by atoms with E-state index in [0.29, 0.717) is 18.5 Å². The molecule has 1 aliphatic heterocycles. The lowest BCUT2D eigenvalue weighted by Gasteiger charge is -2.41. The maximum atomic E-state index is 12.9. The van der Waals surface area contributed by atoms with Crippen LogP contribution >= 0.6 is 0 Å². The zero-order chi connectivity index (χ0) is 12.3. The number of piperidine rings is 1. The maximum Gasteiger partial charge on any atom is 0.256 e. The minimum Gasteiger partial charge on any atom is -0.368 e. The van der Waals surface area contributed by atoms with Crippen LogP contribution in [0.25, 0.3) is 0 Å². The molecule has 1 fully saturated rings. The van der Waals surface area contributed by atoms with Crippen molar-refractivity contribution in [2.75, 3.05) is 13.2 Å². The summed E-state index contributed by atoms with van der Waals surface area (Å²) in [6, 6.07) is 8.68. The first kappa shape index (κ1) is 12.0. The van der Waals surface area contributed by atoms with Gasteiger partial charge in [-0.05, 0) is 31.4 Å². The van der Waals surface area contributed by atoms with Crippen LogP contribution in [0.4, 0.5) is 4.39 Å². The average molecular weight is 237 g/mol. The largest absolute Gasteiger partial charge is 0.368 e. The predicted molar refractivity (Wildman–Crippen MR) is 62.3 cm³/mol. The van der Waals surface area contributed by atoms with Crippen molar-refractivity contribution >= 4 is 5.91 Å². The molecule has 1 atom stereocenters. The predicted octanol–water partition coefficient (Wildman–Crippen LogP) is 1.97. The first-order valence-electron chi connectivity index (χ1n) is 5.83. The van der Waals surface area contributed by atoms with Gasteiger partial charge in [0.25, 0.3) is 5.91 Å². The van der Waals surface area contributed by atoms with Gasteiger partial charge in [-0.2, -0.15) is 0 Å². The van der Waals surface area contributed by atoms with Crippen molar-refractivity contribution in [3.63, 3.8) is 0 Å². The van der Waals surface area contributed by atoms with Crippen LogP contribution in [0.15, 0.2) is 30.3 Å². The van der Waals surface area contributed by atoms with Crippen LogP contribution in [0.1, 0.15) is 29.6 Å².